The van der Waals surface area contributed by atoms with E-state index in [2.05, 4.69) is 43.4 Å². The molecule has 1 aliphatic rings. The van der Waals surface area contributed by atoms with Gasteiger partial charge in [0.25, 0.3) is 0 Å². The third-order valence-electron chi connectivity index (χ3n) is 3.59. The summed E-state index contributed by atoms with van der Waals surface area (Å²) in [6.45, 7) is 5.65. The Morgan fingerprint density at radius 3 is 2.67 bits per heavy atom. The van der Waals surface area contributed by atoms with Crippen molar-refractivity contribution in [2.45, 2.75) is 39.2 Å². The van der Waals surface area contributed by atoms with Crippen LogP contribution in [0.15, 0.2) is 24.3 Å². The SMILES string of the molecule is CC[C@H]1CCN[C@H]1Cc1ccc(C)cc1. The van der Waals surface area contributed by atoms with Crippen molar-refractivity contribution >= 4 is 0 Å². The Hall–Kier alpha value is -0.820. The highest BCUT2D eigenvalue weighted by molar-refractivity contribution is 5.22. The lowest BCUT2D eigenvalue weighted by atomic mass is 9.92. The molecule has 1 aromatic rings. The van der Waals surface area contributed by atoms with Gasteiger partial charge in [0.05, 0.1) is 0 Å². The fraction of sp³-hybridized carbons (Fsp3) is 0.571. The van der Waals surface area contributed by atoms with Gasteiger partial charge in [-0.05, 0) is 37.8 Å². The number of hydrogen-bond acceptors (Lipinski definition) is 1. The average Bonchev–Trinajstić information content (AvgIpc) is 2.69. The van der Waals surface area contributed by atoms with E-state index in [1.165, 1.54) is 36.9 Å². The molecule has 1 heterocycles. The molecule has 0 aliphatic carbocycles. The molecule has 2 atom stereocenters. The smallest absolute Gasteiger partial charge is 0.0136 e. The van der Waals surface area contributed by atoms with Crippen molar-refractivity contribution in [3.05, 3.63) is 35.4 Å². The van der Waals surface area contributed by atoms with Crippen LogP contribution in [0.2, 0.25) is 0 Å². The van der Waals surface area contributed by atoms with E-state index in [0.717, 1.165) is 5.92 Å². The van der Waals surface area contributed by atoms with Crippen LogP contribution in [0.3, 0.4) is 0 Å². The number of benzene rings is 1. The predicted molar refractivity (Wildman–Crippen MR) is 65.1 cm³/mol. The van der Waals surface area contributed by atoms with Crippen LogP contribution >= 0.6 is 0 Å². The highest BCUT2D eigenvalue weighted by atomic mass is 14.9. The molecular formula is C14H21N. The normalized spacial score (nSPS) is 25.7. The summed E-state index contributed by atoms with van der Waals surface area (Å²) in [5, 5.41) is 3.62. The minimum atomic E-state index is 0.706. The molecule has 15 heavy (non-hydrogen) atoms. The zero-order chi connectivity index (χ0) is 10.7. The third kappa shape index (κ3) is 2.60. The maximum absolute atomic E-state index is 3.62. The van der Waals surface area contributed by atoms with E-state index < -0.39 is 0 Å². The molecule has 0 unspecified atom stereocenters. The van der Waals surface area contributed by atoms with Crippen LogP contribution in [0.5, 0.6) is 0 Å². The second kappa shape index (κ2) is 4.80. The largest absolute Gasteiger partial charge is 0.313 e. The van der Waals surface area contributed by atoms with Gasteiger partial charge in [0.15, 0.2) is 0 Å². The van der Waals surface area contributed by atoms with Crippen molar-refractivity contribution in [2.75, 3.05) is 6.54 Å². The van der Waals surface area contributed by atoms with Gasteiger partial charge in [0.1, 0.15) is 0 Å². The summed E-state index contributed by atoms with van der Waals surface area (Å²) in [5.41, 5.74) is 2.82. The second-order valence-electron chi connectivity index (χ2n) is 4.71. The predicted octanol–water partition coefficient (Wildman–Crippen LogP) is 2.93. The first-order valence-electron chi connectivity index (χ1n) is 6.08. The minimum absolute atomic E-state index is 0.706. The van der Waals surface area contributed by atoms with Crippen molar-refractivity contribution in [1.82, 2.24) is 5.32 Å². The first kappa shape index (κ1) is 10.7. The Kier molecular flexibility index (Phi) is 3.42. The molecule has 1 aromatic carbocycles. The van der Waals surface area contributed by atoms with Gasteiger partial charge >= 0.3 is 0 Å². The van der Waals surface area contributed by atoms with E-state index in [1.807, 2.05) is 0 Å². The summed E-state index contributed by atoms with van der Waals surface area (Å²) < 4.78 is 0. The van der Waals surface area contributed by atoms with Crippen molar-refractivity contribution in [3.8, 4) is 0 Å². The van der Waals surface area contributed by atoms with Gasteiger partial charge in [0.2, 0.25) is 0 Å². The topological polar surface area (TPSA) is 12.0 Å². The molecule has 0 saturated carbocycles. The van der Waals surface area contributed by atoms with Crippen molar-refractivity contribution < 1.29 is 0 Å². The quantitative estimate of drug-likeness (QED) is 0.796. The number of hydrogen-bond donors (Lipinski definition) is 1. The van der Waals surface area contributed by atoms with Crippen LogP contribution in [-0.4, -0.2) is 12.6 Å². The summed E-state index contributed by atoms with van der Waals surface area (Å²) in [6, 6.07) is 9.67. The van der Waals surface area contributed by atoms with Crippen LogP contribution < -0.4 is 5.32 Å². The molecule has 0 bridgehead atoms. The molecule has 0 spiro atoms. The van der Waals surface area contributed by atoms with Crippen molar-refractivity contribution in [1.29, 1.82) is 0 Å². The molecular weight excluding hydrogens is 182 g/mol. The van der Waals surface area contributed by atoms with Gasteiger partial charge in [-0.15, -0.1) is 0 Å². The monoisotopic (exact) mass is 203 g/mol. The summed E-state index contributed by atoms with van der Waals surface area (Å²) in [6.07, 6.45) is 3.86. The van der Waals surface area contributed by atoms with Gasteiger partial charge in [-0.2, -0.15) is 0 Å². The summed E-state index contributed by atoms with van der Waals surface area (Å²) in [4.78, 5) is 0. The highest BCUT2D eigenvalue weighted by Crippen LogP contribution is 2.22. The van der Waals surface area contributed by atoms with Crippen LogP contribution in [0.4, 0.5) is 0 Å². The van der Waals surface area contributed by atoms with Crippen LogP contribution in [0, 0.1) is 12.8 Å². The summed E-state index contributed by atoms with van der Waals surface area (Å²) >= 11 is 0. The second-order valence-corrected chi connectivity index (χ2v) is 4.71. The van der Waals surface area contributed by atoms with E-state index in [-0.39, 0.29) is 0 Å². The molecule has 1 N–H and O–H groups in total. The highest BCUT2D eigenvalue weighted by Gasteiger charge is 2.24. The fourth-order valence-electron chi connectivity index (χ4n) is 2.53. The van der Waals surface area contributed by atoms with E-state index in [0.29, 0.717) is 6.04 Å². The molecule has 0 radical (unpaired) electrons. The van der Waals surface area contributed by atoms with E-state index in [1.54, 1.807) is 0 Å². The first-order valence-corrected chi connectivity index (χ1v) is 6.08. The summed E-state index contributed by atoms with van der Waals surface area (Å²) in [5.74, 6) is 0.881. The fourth-order valence-corrected chi connectivity index (χ4v) is 2.53. The standard InChI is InChI=1S/C14H21N/c1-3-13-8-9-15-14(13)10-12-6-4-11(2)5-7-12/h4-7,13-15H,3,8-10H2,1-2H3/t13-,14-/m0/s1. The zero-order valence-electron chi connectivity index (χ0n) is 9.79. The summed E-state index contributed by atoms with van der Waals surface area (Å²) in [7, 11) is 0. The lowest BCUT2D eigenvalue weighted by Gasteiger charge is -2.18. The lowest BCUT2D eigenvalue weighted by Crippen LogP contribution is -2.29. The Morgan fingerprint density at radius 1 is 1.27 bits per heavy atom. The molecule has 1 fully saturated rings. The Bertz CT molecular complexity index is 302. The third-order valence-corrected chi connectivity index (χ3v) is 3.59. The Morgan fingerprint density at radius 2 is 2.00 bits per heavy atom. The first-order chi connectivity index (χ1) is 7.29. The zero-order valence-corrected chi connectivity index (χ0v) is 9.79. The molecule has 82 valence electrons. The molecule has 1 heteroatoms. The van der Waals surface area contributed by atoms with Gasteiger partial charge in [-0.25, -0.2) is 0 Å². The molecule has 0 amide bonds. The van der Waals surface area contributed by atoms with E-state index in [9.17, 15) is 0 Å². The lowest BCUT2D eigenvalue weighted by molar-refractivity contribution is 0.433. The molecule has 1 nitrogen and oxygen atoms in total. The average molecular weight is 203 g/mol. The molecule has 2 rings (SSSR count). The van der Waals surface area contributed by atoms with Crippen LogP contribution in [0.25, 0.3) is 0 Å². The number of aryl methyl sites for hydroxylation is 1. The van der Waals surface area contributed by atoms with Crippen molar-refractivity contribution in [3.63, 3.8) is 0 Å². The maximum atomic E-state index is 3.62. The number of rotatable bonds is 3. The van der Waals surface area contributed by atoms with Crippen LogP contribution in [-0.2, 0) is 6.42 Å². The Labute approximate surface area is 92.9 Å². The van der Waals surface area contributed by atoms with Crippen molar-refractivity contribution in [2.24, 2.45) is 5.92 Å². The van der Waals surface area contributed by atoms with E-state index in [4.69, 9.17) is 0 Å². The van der Waals surface area contributed by atoms with Gasteiger partial charge in [-0.3, -0.25) is 0 Å². The molecule has 0 aromatic heterocycles. The Balaban J connectivity index is 1.99. The maximum Gasteiger partial charge on any atom is 0.0136 e. The van der Waals surface area contributed by atoms with E-state index >= 15 is 0 Å². The van der Waals surface area contributed by atoms with Gasteiger partial charge in [0, 0.05) is 6.04 Å². The molecule has 1 saturated heterocycles. The van der Waals surface area contributed by atoms with Gasteiger partial charge < -0.3 is 5.32 Å². The number of nitrogens with one attached hydrogen (secondary N) is 1. The molecule has 1 aliphatic heterocycles. The minimum Gasteiger partial charge on any atom is -0.313 e. The van der Waals surface area contributed by atoms with Gasteiger partial charge in [-0.1, -0.05) is 43.2 Å². The van der Waals surface area contributed by atoms with Crippen LogP contribution in [0.1, 0.15) is 30.9 Å².